The summed E-state index contributed by atoms with van der Waals surface area (Å²) in [5.41, 5.74) is 10.3. The molecule has 0 spiro atoms. The lowest BCUT2D eigenvalue weighted by molar-refractivity contribution is -0.120. The first-order valence-electron chi connectivity index (χ1n) is 9.98. The van der Waals surface area contributed by atoms with Crippen LogP contribution in [0.15, 0.2) is 42.5 Å². The van der Waals surface area contributed by atoms with E-state index in [1.807, 2.05) is 36.1 Å². The predicted molar refractivity (Wildman–Crippen MR) is 112 cm³/mol. The van der Waals surface area contributed by atoms with Crippen LogP contribution in [-0.2, 0) is 22.4 Å². The van der Waals surface area contributed by atoms with Crippen molar-refractivity contribution < 1.29 is 19.1 Å². The van der Waals surface area contributed by atoms with E-state index in [9.17, 15) is 9.59 Å². The monoisotopic (exact) mass is 396 g/mol. The molecule has 2 N–H and O–H groups in total. The summed E-state index contributed by atoms with van der Waals surface area (Å²) in [4.78, 5) is 26.4. The van der Waals surface area contributed by atoms with Crippen LogP contribution in [0.4, 0.5) is 10.5 Å². The van der Waals surface area contributed by atoms with Crippen LogP contribution in [0, 0.1) is 12.8 Å². The fourth-order valence-electron chi connectivity index (χ4n) is 3.73. The van der Waals surface area contributed by atoms with Gasteiger partial charge in [-0.05, 0) is 67.5 Å². The van der Waals surface area contributed by atoms with Crippen LogP contribution in [0.25, 0.3) is 0 Å². The zero-order valence-electron chi connectivity index (χ0n) is 17.2. The maximum atomic E-state index is 13.1. The first kappa shape index (κ1) is 20.9. The molecule has 3 rings (SSSR count). The van der Waals surface area contributed by atoms with Gasteiger partial charge in [0.15, 0.2) is 0 Å². The van der Waals surface area contributed by atoms with E-state index in [0.29, 0.717) is 24.6 Å². The van der Waals surface area contributed by atoms with E-state index in [1.165, 1.54) is 5.56 Å². The third kappa shape index (κ3) is 4.95. The van der Waals surface area contributed by atoms with Crippen molar-refractivity contribution in [3.8, 4) is 5.75 Å². The lowest BCUT2D eigenvalue weighted by Crippen LogP contribution is -2.48. The van der Waals surface area contributed by atoms with Crippen LogP contribution in [0.2, 0.25) is 0 Å². The number of para-hydroxylation sites is 1. The summed E-state index contributed by atoms with van der Waals surface area (Å²) >= 11 is 0. The van der Waals surface area contributed by atoms with Crippen LogP contribution < -0.4 is 15.4 Å². The second-order valence-corrected chi connectivity index (χ2v) is 7.57. The van der Waals surface area contributed by atoms with Gasteiger partial charge in [-0.1, -0.05) is 31.2 Å². The number of carbonyl (C=O) groups excluding carboxylic acids is 2. The zero-order chi connectivity index (χ0) is 21.0. The molecule has 2 aromatic carbocycles. The van der Waals surface area contributed by atoms with Gasteiger partial charge in [0.05, 0.1) is 12.6 Å². The first-order chi connectivity index (χ1) is 13.9. The molecular formula is C23H28N2O4. The number of rotatable bonds is 5. The van der Waals surface area contributed by atoms with E-state index < -0.39 is 12.2 Å². The maximum Gasteiger partial charge on any atom is 0.513 e. The Hall–Kier alpha value is -2.86. The Balaban J connectivity index is 1.71. The third-order valence-corrected chi connectivity index (χ3v) is 5.15. The fraction of sp³-hybridized carbons (Fsp3) is 0.391. The molecule has 1 amide bonds. The predicted octanol–water partition coefficient (Wildman–Crippen LogP) is 3.63. The smallest absolute Gasteiger partial charge is 0.434 e. The molecule has 154 valence electrons. The van der Waals surface area contributed by atoms with Crippen molar-refractivity contribution in [3.63, 3.8) is 0 Å². The molecule has 1 aliphatic rings. The molecule has 0 aromatic heterocycles. The fourth-order valence-corrected chi connectivity index (χ4v) is 3.73. The van der Waals surface area contributed by atoms with Crippen LogP contribution in [0.3, 0.4) is 0 Å². The lowest BCUT2D eigenvalue weighted by Gasteiger charge is -2.34. The number of aryl methyl sites for hydroxylation is 1. The van der Waals surface area contributed by atoms with Crippen molar-refractivity contribution in [2.45, 2.75) is 39.7 Å². The van der Waals surface area contributed by atoms with Gasteiger partial charge in [-0.2, -0.15) is 0 Å². The van der Waals surface area contributed by atoms with Crippen LogP contribution in [0.5, 0.6) is 5.75 Å². The Morgan fingerprint density at radius 3 is 2.72 bits per heavy atom. The second kappa shape index (κ2) is 9.09. The quantitative estimate of drug-likeness (QED) is 0.617. The molecule has 6 nitrogen and oxygen atoms in total. The summed E-state index contributed by atoms with van der Waals surface area (Å²) in [6.45, 7) is 6.70. The highest BCUT2D eigenvalue weighted by Gasteiger charge is 2.29. The number of fused-ring (bicyclic) bond motifs is 1. The molecule has 2 aromatic rings. The van der Waals surface area contributed by atoms with Crippen LogP contribution in [0.1, 0.15) is 30.5 Å². The van der Waals surface area contributed by atoms with Crippen LogP contribution >= 0.6 is 0 Å². The van der Waals surface area contributed by atoms with Gasteiger partial charge in [0.25, 0.3) is 0 Å². The molecule has 0 bridgehead atoms. The number of nitrogens with zero attached hydrogens (tertiary/aromatic N) is 1. The van der Waals surface area contributed by atoms with Gasteiger partial charge in [0.1, 0.15) is 5.75 Å². The summed E-state index contributed by atoms with van der Waals surface area (Å²) in [5.74, 6) is 0.723. The third-order valence-electron chi connectivity index (χ3n) is 5.15. The molecule has 29 heavy (non-hydrogen) atoms. The van der Waals surface area contributed by atoms with Crippen molar-refractivity contribution in [2.24, 2.45) is 11.7 Å². The Morgan fingerprint density at radius 2 is 2.00 bits per heavy atom. The highest BCUT2D eigenvalue weighted by molar-refractivity contribution is 5.98. The molecule has 1 unspecified atom stereocenters. The SMILES string of the molecule is CCOC(=O)Oc1ccc(C[C@@H](N)C(=O)N2CC(C)Cc3ccccc32)c(C)c1. The molecule has 2 atom stereocenters. The minimum Gasteiger partial charge on any atom is -0.434 e. The standard InChI is InChI=1S/C23H28N2O4/c1-4-28-23(27)29-19-10-9-17(16(3)12-19)13-20(24)22(26)25-14-15(2)11-18-7-5-6-8-21(18)25/h5-10,12,15,20H,4,11,13-14,24H2,1-3H3/t15?,20-/m1/s1. The van der Waals surface area contributed by atoms with Crippen molar-refractivity contribution in [3.05, 3.63) is 59.2 Å². The lowest BCUT2D eigenvalue weighted by atomic mass is 9.92. The highest BCUT2D eigenvalue weighted by atomic mass is 16.7. The van der Waals surface area contributed by atoms with E-state index >= 15 is 0 Å². The summed E-state index contributed by atoms with van der Waals surface area (Å²) in [7, 11) is 0. The Kier molecular flexibility index (Phi) is 6.54. The number of nitrogens with two attached hydrogens (primary N) is 1. The van der Waals surface area contributed by atoms with Crippen molar-refractivity contribution in [1.82, 2.24) is 0 Å². The van der Waals surface area contributed by atoms with Gasteiger partial charge in [-0.25, -0.2) is 4.79 Å². The van der Waals surface area contributed by atoms with E-state index in [2.05, 4.69) is 13.0 Å². The molecule has 0 fully saturated rings. The average Bonchev–Trinajstić information content (AvgIpc) is 2.68. The van der Waals surface area contributed by atoms with E-state index in [4.69, 9.17) is 15.2 Å². The Morgan fingerprint density at radius 1 is 1.24 bits per heavy atom. The Labute approximate surface area is 171 Å². The molecule has 0 saturated heterocycles. The largest absolute Gasteiger partial charge is 0.513 e. The topological polar surface area (TPSA) is 81.9 Å². The van der Waals surface area contributed by atoms with E-state index in [1.54, 1.807) is 19.1 Å². The molecule has 1 heterocycles. The normalized spacial score (nSPS) is 16.7. The molecule has 0 aliphatic carbocycles. The highest BCUT2D eigenvalue weighted by Crippen LogP contribution is 2.30. The van der Waals surface area contributed by atoms with Gasteiger partial charge in [-0.3, -0.25) is 4.79 Å². The number of benzene rings is 2. The Bertz CT molecular complexity index is 896. The summed E-state index contributed by atoms with van der Waals surface area (Å²) in [5, 5.41) is 0. The minimum absolute atomic E-state index is 0.0738. The number of ether oxygens (including phenoxy) is 2. The molecule has 0 radical (unpaired) electrons. The molecule has 0 saturated carbocycles. The number of hydrogen-bond acceptors (Lipinski definition) is 5. The number of amides is 1. The van der Waals surface area contributed by atoms with Crippen molar-refractivity contribution >= 4 is 17.7 Å². The van der Waals surface area contributed by atoms with Gasteiger partial charge >= 0.3 is 6.16 Å². The van der Waals surface area contributed by atoms with Gasteiger partial charge in [-0.15, -0.1) is 0 Å². The first-order valence-corrected chi connectivity index (χ1v) is 9.98. The summed E-state index contributed by atoms with van der Waals surface area (Å²) in [6, 6.07) is 12.6. The number of carbonyl (C=O) groups is 2. The zero-order valence-corrected chi connectivity index (χ0v) is 17.2. The molecule has 1 aliphatic heterocycles. The minimum atomic E-state index is -0.732. The van der Waals surface area contributed by atoms with Crippen LogP contribution in [-0.4, -0.2) is 31.3 Å². The van der Waals surface area contributed by atoms with Gasteiger partial charge < -0.3 is 20.1 Å². The maximum absolute atomic E-state index is 13.1. The van der Waals surface area contributed by atoms with Crippen molar-refractivity contribution in [1.29, 1.82) is 0 Å². The van der Waals surface area contributed by atoms with Gasteiger partial charge in [0, 0.05) is 12.2 Å². The average molecular weight is 396 g/mol. The van der Waals surface area contributed by atoms with E-state index in [0.717, 1.165) is 23.2 Å². The van der Waals surface area contributed by atoms with E-state index in [-0.39, 0.29) is 12.5 Å². The number of anilines is 1. The second-order valence-electron chi connectivity index (χ2n) is 7.57. The van der Waals surface area contributed by atoms with Crippen molar-refractivity contribution in [2.75, 3.05) is 18.1 Å². The molecular weight excluding hydrogens is 368 g/mol. The van der Waals surface area contributed by atoms with Gasteiger partial charge in [0.2, 0.25) is 5.91 Å². The summed E-state index contributed by atoms with van der Waals surface area (Å²) in [6.07, 6.45) is 0.651. The summed E-state index contributed by atoms with van der Waals surface area (Å²) < 4.78 is 9.91. The number of hydrogen-bond donors (Lipinski definition) is 1. The molecule has 6 heteroatoms.